The highest BCUT2D eigenvalue weighted by molar-refractivity contribution is 4.96. The zero-order valence-corrected chi connectivity index (χ0v) is 23.5. The van der Waals surface area contributed by atoms with E-state index in [0.717, 1.165) is 32.3 Å². The van der Waals surface area contributed by atoms with Crippen LogP contribution in [0.3, 0.4) is 0 Å². The predicted molar refractivity (Wildman–Crippen MR) is 135 cm³/mol. The first kappa shape index (κ1) is 31.7. The molecule has 0 aromatic carbocycles. The molecule has 8 heteroatoms. The van der Waals surface area contributed by atoms with Crippen molar-refractivity contribution in [1.29, 1.82) is 0 Å². The van der Waals surface area contributed by atoms with E-state index < -0.39 is 11.1 Å². The van der Waals surface area contributed by atoms with Gasteiger partial charge < -0.3 is 29.4 Å². The molecule has 2 N–H and O–H groups in total. The number of rotatable bonds is 17. The molecule has 0 aliphatic carbocycles. The summed E-state index contributed by atoms with van der Waals surface area (Å²) in [5, 5.41) is 24.1. The molecule has 0 radical (unpaired) electrons. The largest absolute Gasteiger partial charge is 0.381 e. The summed E-state index contributed by atoms with van der Waals surface area (Å²) in [4.78, 5) is 0. The maximum Gasteiger partial charge on any atom is 0.0701 e. The van der Waals surface area contributed by atoms with E-state index in [4.69, 9.17) is 18.9 Å². The molecule has 34 heavy (non-hydrogen) atoms. The summed E-state index contributed by atoms with van der Waals surface area (Å²) in [6.07, 6.45) is 4.27. The second-order valence-corrected chi connectivity index (χ2v) is 12.2. The van der Waals surface area contributed by atoms with Crippen LogP contribution in [0.4, 0.5) is 0 Å². The molecule has 0 unspecified atom stereocenters. The minimum Gasteiger partial charge on any atom is -0.381 e. The Bertz CT molecular complexity index is 549. The Labute approximate surface area is 208 Å². The highest BCUT2D eigenvalue weighted by Crippen LogP contribution is 2.37. The van der Waals surface area contributed by atoms with Gasteiger partial charge in [-0.2, -0.15) is 10.1 Å². The third-order valence-electron chi connectivity index (χ3n) is 6.57. The molecule has 1 heterocycles. The molecule has 0 aromatic rings. The van der Waals surface area contributed by atoms with Gasteiger partial charge in [-0.25, -0.2) is 0 Å². The van der Waals surface area contributed by atoms with Crippen molar-refractivity contribution in [2.45, 2.75) is 123 Å². The molecular weight excluding hydrogens is 436 g/mol. The molecule has 0 bridgehead atoms. The first-order chi connectivity index (χ1) is 15.7. The molecule has 1 aliphatic heterocycles. The van der Waals surface area contributed by atoms with Crippen LogP contribution >= 0.6 is 0 Å². The number of piperidine rings is 1. The predicted octanol–water partition coefficient (Wildman–Crippen LogP) is 4.90. The monoisotopic (exact) mass is 490 g/mol. The topological polar surface area (TPSA) is 83.9 Å². The third-order valence-corrected chi connectivity index (χ3v) is 6.57. The Morgan fingerprint density at radius 2 is 1.38 bits per heavy atom. The lowest BCUT2D eigenvalue weighted by Crippen LogP contribution is -2.60. The quantitative estimate of drug-likeness (QED) is 0.220. The summed E-state index contributed by atoms with van der Waals surface area (Å²) >= 11 is 0. The molecule has 204 valence electrons. The highest BCUT2D eigenvalue weighted by Gasteiger charge is 2.45. The van der Waals surface area contributed by atoms with Crippen LogP contribution in [0.15, 0.2) is 0 Å². The molecule has 1 fully saturated rings. The van der Waals surface area contributed by atoms with E-state index >= 15 is 0 Å². The fourth-order valence-corrected chi connectivity index (χ4v) is 4.80. The Morgan fingerprint density at radius 1 is 0.824 bits per heavy atom. The van der Waals surface area contributed by atoms with Crippen molar-refractivity contribution in [2.24, 2.45) is 0 Å². The Morgan fingerprint density at radius 3 is 1.97 bits per heavy atom. The molecule has 0 amide bonds. The maximum absolute atomic E-state index is 10.9. The molecule has 8 nitrogen and oxygen atoms in total. The Kier molecular flexibility index (Phi) is 12.9. The number of hydrogen-bond acceptors (Lipinski definition) is 8. The van der Waals surface area contributed by atoms with Crippen LogP contribution in [0, 0.1) is 0 Å². The van der Waals surface area contributed by atoms with E-state index in [-0.39, 0.29) is 17.2 Å². The normalized spacial score (nSPS) is 19.8. The number of nitrogens with zero attached hydrogens (tertiary/aromatic N) is 2. The van der Waals surface area contributed by atoms with Crippen LogP contribution < -0.4 is 0 Å². The van der Waals surface area contributed by atoms with Crippen LogP contribution in [0.25, 0.3) is 0 Å². The van der Waals surface area contributed by atoms with E-state index in [1.165, 1.54) is 10.1 Å². The first-order valence-corrected chi connectivity index (χ1v) is 13.0. The highest BCUT2D eigenvalue weighted by atomic mass is 16.5. The zero-order chi connectivity index (χ0) is 26.0. The van der Waals surface area contributed by atoms with Crippen LogP contribution in [-0.2, 0) is 18.9 Å². The standard InChI is InChI=1S/C26H54N2O6/c1-10-13-31-17-18-33-21-26(8,9)27(29)23(2,3)12-16-32-14-11-15-34-22-19-24(4,5)28(30)25(6,7)20-22/h22,29-30H,10-21H2,1-9H3. The summed E-state index contributed by atoms with van der Waals surface area (Å²) < 4.78 is 23.1. The molecule has 1 aliphatic rings. The lowest BCUT2D eigenvalue weighted by Gasteiger charge is -2.51. The number of hydroxylamine groups is 4. The Hall–Kier alpha value is -0.320. The van der Waals surface area contributed by atoms with Crippen molar-refractivity contribution in [2.75, 3.05) is 46.2 Å². The number of hydrogen-bond donors (Lipinski definition) is 2. The van der Waals surface area contributed by atoms with Gasteiger partial charge in [0.2, 0.25) is 0 Å². The van der Waals surface area contributed by atoms with Crippen LogP contribution in [0.1, 0.15) is 94.4 Å². The number of ether oxygens (including phenoxy) is 4. The van der Waals surface area contributed by atoms with Crippen molar-refractivity contribution < 1.29 is 29.4 Å². The minimum absolute atomic E-state index is 0.137. The van der Waals surface area contributed by atoms with Crippen molar-refractivity contribution >= 4 is 0 Å². The lowest BCUT2D eigenvalue weighted by atomic mass is 9.80. The van der Waals surface area contributed by atoms with Gasteiger partial charge in [0.05, 0.1) is 31.5 Å². The smallest absolute Gasteiger partial charge is 0.0701 e. The summed E-state index contributed by atoms with van der Waals surface area (Å²) in [5.74, 6) is 0. The fourth-order valence-electron chi connectivity index (χ4n) is 4.80. The van der Waals surface area contributed by atoms with Gasteiger partial charge in [-0.05, 0) is 87.5 Å². The zero-order valence-electron chi connectivity index (χ0n) is 23.5. The van der Waals surface area contributed by atoms with Gasteiger partial charge in [-0.3, -0.25) is 0 Å². The second-order valence-electron chi connectivity index (χ2n) is 12.2. The minimum atomic E-state index is -0.520. The molecule has 0 aromatic heterocycles. The van der Waals surface area contributed by atoms with E-state index in [9.17, 15) is 10.4 Å². The van der Waals surface area contributed by atoms with Gasteiger partial charge in [0.25, 0.3) is 0 Å². The molecule has 0 atom stereocenters. The van der Waals surface area contributed by atoms with E-state index in [2.05, 4.69) is 34.6 Å². The molecule has 0 spiro atoms. The van der Waals surface area contributed by atoms with Crippen LogP contribution in [0.2, 0.25) is 0 Å². The third kappa shape index (κ3) is 10.3. The molecule has 1 saturated heterocycles. The summed E-state index contributed by atoms with van der Waals surface area (Å²) in [7, 11) is 0. The first-order valence-electron chi connectivity index (χ1n) is 13.0. The SMILES string of the molecule is CCCOCCOCC(C)(C)N(O)C(C)(C)CCOCCCOC1CC(C)(C)N(O)C(C)(C)C1. The average Bonchev–Trinajstić information content (AvgIpc) is 2.72. The van der Waals surface area contributed by atoms with Gasteiger partial charge in [0.15, 0.2) is 0 Å². The average molecular weight is 491 g/mol. The van der Waals surface area contributed by atoms with Crippen LogP contribution in [0.5, 0.6) is 0 Å². The van der Waals surface area contributed by atoms with E-state index in [0.29, 0.717) is 46.1 Å². The Balaban J connectivity index is 2.25. The summed E-state index contributed by atoms with van der Waals surface area (Å²) in [5.41, 5.74) is -1.57. The van der Waals surface area contributed by atoms with Crippen LogP contribution in [-0.4, -0.2) is 95.0 Å². The van der Waals surface area contributed by atoms with Gasteiger partial charge in [0, 0.05) is 43.0 Å². The van der Waals surface area contributed by atoms with Gasteiger partial charge in [-0.15, -0.1) is 0 Å². The molecule has 1 rings (SSSR count). The molecule has 0 saturated carbocycles. The van der Waals surface area contributed by atoms with Crippen molar-refractivity contribution in [1.82, 2.24) is 10.1 Å². The van der Waals surface area contributed by atoms with E-state index in [1.807, 2.05) is 27.7 Å². The van der Waals surface area contributed by atoms with Crippen molar-refractivity contribution in [3.05, 3.63) is 0 Å². The lowest BCUT2D eigenvalue weighted by molar-refractivity contribution is -0.261. The van der Waals surface area contributed by atoms with E-state index in [1.54, 1.807) is 0 Å². The van der Waals surface area contributed by atoms with Gasteiger partial charge in [0.1, 0.15) is 0 Å². The second kappa shape index (κ2) is 13.8. The summed E-state index contributed by atoms with van der Waals surface area (Å²) in [6, 6.07) is 0. The summed E-state index contributed by atoms with van der Waals surface area (Å²) in [6.45, 7) is 22.4. The fraction of sp³-hybridized carbons (Fsp3) is 1.00. The maximum atomic E-state index is 10.9. The van der Waals surface area contributed by atoms with Crippen molar-refractivity contribution in [3.63, 3.8) is 0 Å². The van der Waals surface area contributed by atoms with Gasteiger partial charge >= 0.3 is 0 Å². The molecular formula is C26H54N2O6. The van der Waals surface area contributed by atoms with Gasteiger partial charge in [-0.1, -0.05) is 6.92 Å². The van der Waals surface area contributed by atoms with Crippen molar-refractivity contribution in [3.8, 4) is 0 Å².